The molecule has 4 heteroatoms. The Morgan fingerprint density at radius 1 is 1.36 bits per heavy atom. The molecule has 2 aromatic rings. The van der Waals surface area contributed by atoms with Gasteiger partial charge < -0.3 is 4.98 Å². The van der Waals surface area contributed by atoms with Crippen LogP contribution in [0.3, 0.4) is 0 Å². The van der Waals surface area contributed by atoms with Gasteiger partial charge in [-0.3, -0.25) is 10.1 Å². The molecular weight excluding hydrogens is 180 g/mol. The number of benzene rings is 1. The lowest BCUT2D eigenvalue weighted by molar-refractivity contribution is -0.400. The van der Waals surface area contributed by atoms with Crippen molar-refractivity contribution in [1.29, 1.82) is 0 Å². The standard InChI is InChI=1S/C10H8N2O2/c13-12(14)7-5-8-2-1-3-10-9(8)4-6-11-10/h1-7,11H/b7-5-. The second-order valence-electron chi connectivity index (χ2n) is 2.89. The first-order chi connectivity index (χ1) is 6.77. The van der Waals surface area contributed by atoms with Crippen molar-refractivity contribution < 1.29 is 4.92 Å². The Bertz CT molecular complexity index is 500. The zero-order chi connectivity index (χ0) is 9.97. The van der Waals surface area contributed by atoms with Crippen molar-refractivity contribution in [2.45, 2.75) is 0 Å². The average Bonchev–Trinajstić information content (AvgIpc) is 2.62. The summed E-state index contributed by atoms with van der Waals surface area (Å²) in [5, 5.41) is 11.1. The number of hydrogen-bond acceptors (Lipinski definition) is 2. The predicted molar refractivity (Wildman–Crippen MR) is 54.3 cm³/mol. The van der Waals surface area contributed by atoms with Crippen molar-refractivity contribution >= 4 is 17.0 Å². The van der Waals surface area contributed by atoms with Crippen LogP contribution in [-0.4, -0.2) is 9.91 Å². The van der Waals surface area contributed by atoms with Crippen LogP contribution in [0.1, 0.15) is 5.56 Å². The van der Waals surface area contributed by atoms with Gasteiger partial charge in [0.1, 0.15) is 0 Å². The lowest BCUT2D eigenvalue weighted by Gasteiger charge is -1.93. The molecule has 0 saturated carbocycles. The van der Waals surface area contributed by atoms with E-state index in [-0.39, 0.29) is 0 Å². The van der Waals surface area contributed by atoms with E-state index in [9.17, 15) is 10.1 Å². The number of fused-ring (bicyclic) bond motifs is 1. The smallest absolute Gasteiger partial charge is 0.235 e. The second kappa shape index (κ2) is 3.33. The number of nitrogens with zero attached hydrogens (tertiary/aromatic N) is 1. The Balaban J connectivity index is 2.51. The van der Waals surface area contributed by atoms with Gasteiger partial charge in [0.25, 0.3) is 0 Å². The molecule has 0 aliphatic carbocycles. The van der Waals surface area contributed by atoms with Crippen molar-refractivity contribution in [3.8, 4) is 0 Å². The summed E-state index contributed by atoms with van der Waals surface area (Å²) in [4.78, 5) is 12.7. The summed E-state index contributed by atoms with van der Waals surface area (Å²) in [6.07, 6.45) is 4.26. The molecule has 0 aliphatic rings. The van der Waals surface area contributed by atoms with Gasteiger partial charge in [-0.05, 0) is 17.7 Å². The minimum atomic E-state index is -0.467. The number of nitrogens with one attached hydrogen (secondary N) is 1. The molecular formula is C10H8N2O2. The Morgan fingerprint density at radius 3 is 3.00 bits per heavy atom. The highest BCUT2D eigenvalue weighted by Gasteiger charge is 1.98. The lowest BCUT2D eigenvalue weighted by atomic mass is 10.1. The third-order valence-corrected chi connectivity index (χ3v) is 2.00. The second-order valence-corrected chi connectivity index (χ2v) is 2.89. The van der Waals surface area contributed by atoms with Crippen molar-refractivity contribution in [2.75, 3.05) is 0 Å². The summed E-state index contributed by atoms with van der Waals surface area (Å²) in [7, 11) is 0. The maximum absolute atomic E-state index is 10.2. The maximum Gasteiger partial charge on any atom is 0.235 e. The van der Waals surface area contributed by atoms with E-state index in [1.165, 1.54) is 6.08 Å². The minimum absolute atomic E-state index is 0.467. The predicted octanol–water partition coefficient (Wildman–Crippen LogP) is 2.42. The molecule has 0 amide bonds. The van der Waals surface area contributed by atoms with Crippen LogP contribution in [0.5, 0.6) is 0 Å². The van der Waals surface area contributed by atoms with Crippen LogP contribution in [0.2, 0.25) is 0 Å². The van der Waals surface area contributed by atoms with E-state index >= 15 is 0 Å². The molecule has 1 heterocycles. The molecule has 0 fully saturated rings. The molecule has 0 radical (unpaired) electrons. The van der Waals surface area contributed by atoms with Gasteiger partial charge in [-0.2, -0.15) is 0 Å². The first-order valence-corrected chi connectivity index (χ1v) is 4.15. The molecule has 1 aromatic carbocycles. The number of aromatic nitrogens is 1. The van der Waals surface area contributed by atoms with Crippen LogP contribution in [0.15, 0.2) is 36.7 Å². The molecule has 0 unspecified atom stereocenters. The van der Waals surface area contributed by atoms with E-state index < -0.39 is 4.92 Å². The monoisotopic (exact) mass is 188 g/mol. The fraction of sp³-hybridized carbons (Fsp3) is 0. The SMILES string of the molecule is O=[N+]([O-])/C=C\c1cccc2[nH]ccc12. The molecule has 0 bridgehead atoms. The third-order valence-electron chi connectivity index (χ3n) is 2.00. The van der Waals surface area contributed by atoms with Gasteiger partial charge >= 0.3 is 0 Å². The van der Waals surface area contributed by atoms with E-state index in [2.05, 4.69) is 4.98 Å². The van der Waals surface area contributed by atoms with E-state index in [0.717, 1.165) is 22.7 Å². The van der Waals surface area contributed by atoms with Gasteiger partial charge in [0.15, 0.2) is 0 Å². The van der Waals surface area contributed by atoms with E-state index in [4.69, 9.17) is 0 Å². The fourth-order valence-electron chi connectivity index (χ4n) is 1.40. The summed E-state index contributed by atoms with van der Waals surface area (Å²) >= 11 is 0. The molecule has 4 nitrogen and oxygen atoms in total. The number of hydrogen-bond donors (Lipinski definition) is 1. The largest absolute Gasteiger partial charge is 0.361 e. The average molecular weight is 188 g/mol. The molecule has 0 spiro atoms. The van der Waals surface area contributed by atoms with Crippen LogP contribution in [-0.2, 0) is 0 Å². The lowest BCUT2D eigenvalue weighted by Crippen LogP contribution is -1.82. The van der Waals surface area contributed by atoms with Gasteiger partial charge in [0, 0.05) is 23.2 Å². The first-order valence-electron chi connectivity index (χ1n) is 4.15. The van der Waals surface area contributed by atoms with Gasteiger partial charge in [0.05, 0.1) is 4.92 Å². The van der Waals surface area contributed by atoms with Crippen molar-refractivity contribution in [3.05, 3.63) is 52.3 Å². The Kier molecular flexibility index (Phi) is 2.02. The number of H-pyrrole nitrogens is 1. The summed E-state index contributed by atoms with van der Waals surface area (Å²) in [5.41, 5.74) is 1.83. The van der Waals surface area contributed by atoms with E-state index in [1.54, 1.807) is 0 Å². The summed E-state index contributed by atoms with van der Waals surface area (Å²) < 4.78 is 0. The maximum atomic E-state index is 10.2. The van der Waals surface area contributed by atoms with E-state index in [0.29, 0.717) is 0 Å². The number of rotatable bonds is 2. The summed E-state index contributed by atoms with van der Waals surface area (Å²) in [6, 6.07) is 7.53. The third kappa shape index (κ3) is 1.50. The number of nitro groups is 1. The van der Waals surface area contributed by atoms with Gasteiger partial charge in [0.2, 0.25) is 6.20 Å². The zero-order valence-corrected chi connectivity index (χ0v) is 7.31. The van der Waals surface area contributed by atoms with Crippen molar-refractivity contribution in [3.63, 3.8) is 0 Å². The Hall–Kier alpha value is -2.10. The van der Waals surface area contributed by atoms with Gasteiger partial charge in [-0.15, -0.1) is 0 Å². The van der Waals surface area contributed by atoms with Crippen molar-refractivity contribution in [2.24, 2.45) is 0 Å². The zero-order valence-electron chi connectivity index (χ0n) is 7.31. The molecule has 0 aliphatic heterocycles. The normalized spacial score (nSPS) is 11.1. The number of aromatic amines is 1. The topological polar surface area (TPSA) is 58.9 Å². The first kappa shape index (κ1) is 8.50. The molecule has 0 saturated heterocycles. The van der Waals surface area contributed by atoms with E-state index in [1.807, 2.05) is 30.5 Å². The van der Waals surface area contributed by atoms with Crippen LogP contribution >= 0.6 is 0 Å². The molecule has 14 heavy (non-hydrogen) atoms. The van der Waals surface area contributed by atoms with Crippen LogP contribution in [0.25, 0.3) is 17.0 Å². The molecule has 0 atom stereocenters. The molecule has 1 aromatic heterocycles. The van der Waals surface area contributed by atoms with Gasteiger partial charge in [-0.25, -0.2) is 0 Å². The highest BCUT2D eigenvalue weighted by molar-refractivity contribution is 5.88. The highest BCUT2D eigenvalue weighted by Crippen LogP contribution is 2.18. The van der Waals surface area contributed by atoms with Crippen LogP contribution < -0.4 is 0 Å². The van der Waals surface area contributed by atoms with Crippen LogP contribution in [0.4, 0.5) is 0 Å². The highest BCUT2D eigenvalue weighted by atomic mass is 16.6. The van der Waals surface area contributed by atoms with Crippen molar-refractivity contribution in [1.82, 2.24) is 4.98 Å². The summed E-state index contributed by atoms with van der Waals surface area (Å²) in [6.45, 7) is 0. The molecule has 1 N–H and O–H groups in total. The van der Waals surface area contributed by atoms with Crippen LogP contribution in [0, 0.1) is 10.1 Å². The quantitative estimate of drug-likeness (QED) is 0.581. The molecule has 2 rings (SSSR count). The Labute approximate surface area is 80.0 Å². The minimum Gasteiger partial charge on any atom is -0.361 e. The fourth-order valence-corrected chi connectivity index (χ4v) is 1.40. The molecule has 70 valence electrons. The summed E-state index contributed by atoms with van der Waals surface area (Å²) in [5.74, 6) is 0. The van der Waals surface area contributed by atoms with Gasteiger partial charge in [-0.1, -0.05) is 12.1 Å². The Morgan fingerprint density at radius 2 is 2.21 bits per heavy atom.